The molecule has 23 heavy (non-hydrogen) atoms. The fraction of sp³-hybridized carbons (Fsp3) is 0.467. The van der Waals surface area contributed by atoms with Gasteiger partial charge in [0.25, 0.3) is 11.6 Å². The lowest BCUT2D eigenvalue weighted by atomic mass is 10.1. The number of nitriles is 1. The van der Waals surface area contributed by atoms with Gasteiger partial charge in [0, 0.05) is 31.7 Å². The third-order valence-corrected chi connectivity index (χ3v) is 4.38. The molecule has 2 N–H and O–H groups in total. The van der Waals surface area contributed by atoms with Gasteiger partial charge < -0.3 is 10.6 Å². The van der Waals surface area contributed by atoms with Crippen molar-refractivity contribution in [3.63, 3.8) is 0 Å². The molecule has 1 atom stereocenters. The van der Waals surface area contributed by atoms with E-state index in [1.54, 1.807) is 4.90 Å². The number of nitro groups is 1. The molecule has 1 saturated carbocycles. The molecule has 1 saturated heterocycles. The average molecular weight is 315 g/mol. The standard InChI is InChI=1S/C15H17N5O3/c16-8-11-9-18(6-7-19(11)10-4-5-10)15(21)12-2-1-3-13(14(12)17)20(22)23/h1-3,10-11H,4-7,9,17H2/t11-/m1/s1. The fourth-order valence-electron chi connectivity index (χ4n) is 3.01. The van der Waals surface area contributed by atoms with E-state index in [1.165, 1.54) is 18.2 Å². The van der Waals surface area contributed by atoms with E-state index >= 15 is 0 Å². The van der Waals surface area contributed by atoms with Crippen LogP contribution in [0.3, 0.4) is 0 Å². The first-order valence-electron chi connectivity index (χ1n) is 7.50. The quantitative estimate of drug-likeness (QED) is 0.505. The maximum atomic E-state index is 12.6. The highest BCUT2D eigenvalue weighted by Gasteiger charge is 2.39. The molecule has 0 aromatic heterocycles. The Morgan fingerprint density at radius 1 is 1.39 bits per heavy atom. The summed E-state index contributed by atoms with van der Waals surface area (Å²) in [6.45, 7) is 1.44. The van der Waals surface area contributed by atoms with Crippen LogP contribution in [0.25, 0.3) is 0 Å². The van der Waals surface area contributed by atoms with Crippen LogP contribution in [-0.4, -0.2) is 52.3 Å². The average Bonchev–Trinajstić information content (AvgIpc) is 3.38. The first kappa shape index (κ1) is 15.2. The number of piperazine rings is 1. The molecular weight excluding hydrogens is 298 g/mol. The second kappa shape index (κ2) is 5.85. The summed E-state index contributed by atoms with van der Waals surface area (Å²) in [5, 5.41) is 20.3. The van der Waals surface area contributed by atoms with Crippen molar-refractivity contribution in [2.75, 3.05) is 25.4 Å². The molecule has 2 fully saturated rings. The van der Waals surface area contributed by atoms with Gasteiger partial charge in [0.05, 0.1) is 16.6 Å². The molecule has 3 rings (SSSR count). The number of nitrogens with two attached hydrogens (primary N) is 1. The van der Waals surface area contributed by atoms with Gasteiger partial charge in [-0.3, -0.25) is 19.8 Å². The second-order valence-corrected chi connectivity index (χ2v) is 5.86. The van der Waals surface area contributed by atoms with Gasteiger partial charge in [-0.15, -0.1) is 0 Å². The number of benzene rings is 1. The molecule has 1 aliphatic heterocycles. The summed E-state index contributed by atoms with van der Waals surface area (Å²) in [5.74, 6) is -0.359. The van der Waals surface area contributed by atoms with Crippen molar-refractivity contribution < 1.29 is 9.72 Å². The summed E-state index contributed by atoms with van der Waals surface area (Å²) in [7, 11) is 0. The van der Waals surface area contributed by atoms with E-state index in [2.05, 4.69) is 11.0 Å². The number of hydrogen-bond donors (Lipinski definition) is 1. The molecule has 1 heterocycles. The number of carbonyl (C=O) groups excluding carboxylic acids is 1. The zero-order valence-electron chi connectivity index (χ0n) is 12.5. The Hall–Kier alpha value is -2.66. The van der Waals surface area contributed by atoms with Crippen LogP contribution in [-0.2, 0) is 0 Å². The highest BCUT2D eigenvalue weighted by Crippen LogP contribution is 2.31. The summed E-state index contributed by atoms with van der Waals surface area (Å²) in [4.78, 5) is 26.7. The maximum Gasteiger partial charge on any atom is 0.292 e. The Kier molecular flexibility index (Phi) is 3.88. The van der Waals surface area contributed by atoms with Gasteiger partial charge in [-0.2, -0.15) is 5.26 Å². The summed E-state index contributed by atoms with van der Waals surface area (Å²) in [5.41, 5.74) is 5.50. The van der Waals surface area contributed by atoms with Gasteiger partial charge in [0.15, 0.2) is 0 Å². The SMILES string of the molecule is N#C[C@@H]1CN(C(=O)c2cccc([N+](=O)[O-])c2N)CCN1C1CC1. The van der Waals surface area contributed by atoms with E-state index in [9.17, 15) is 20.2 Å². The Morgan fingerprint density at radius 3 is 2.74 bits per heavy atom. The smallest absolute Gasteiger partial charge is 0.292 e. The van der Waals surface area contributed by atoms with Crippen LogP contribution in [0.15, 0.2) is 18.2 Å². The van der Waals surface area contributed by atoms with Gasteiger partial charge in [-0.1, -0.05) is 6.07 Å². The number of amides is 1. The van der Waals surface area contributed by atoms with Crippen molar-refractivity contribution in [1.29, 1.82) is 5.26 Å². The normalized spacial score (nSPS) is 21.7. The molecule has 2 aliphatic rings. The minimum absolute atomic E-state index is 0.121. The van der Waals surface area contributed by atoms with Crippen molar-refractivity contribution in [3.8, 4) is 6.07 Å². The molecule has 1 amide bonds. The first-order valence-corrected chi connectivity index (χ1v) is 7.50. The number of nitrogen functional groups attached to an aromatic ring is 1. The lowest BCUT2D eigenvalue weighted by Crippen LogP contribution is -2.55. The highest BCUT2D eigenvalue weighted by atomic mass is 16.6. The maximum absolute atomic E-state index is 12.6. The van der Waals surface area contributed by atoms with Crippen LogP contribution in [0, 0.1) is 21.4 Å². The largest absolute Gasteiger partial charge is 0.393 e. The summed E-state index contributed by atoms with van der Waals surface area (Å²) < 4.78 is 0. The second-order valence-electron chi connectivity index (χ2n) is 5.86. The van der Waals surface area contributed by atoms with E-state index in [0.717, 1.165) is 12.8 Å². The fourth-order valence-corrected chi connectivity index (χ4v) is 3.01. The van der Waals surface area contributed by atoms with Crippen LogP contribution in [0.4, 0.5) is 11.4 Å². The van der Waals surface area contributed by atoms with E-state index in [1.807, 2.05) is 0 Å². The number of anilines is 1. The number of para-hydroxylation sites is 1. The summed E-state index contributed by atoms with van der Waals surface area (Å²) >= 11 is 0. The minimum atomic E-state index is -0.602. The Morgan fingerprint density at radius 2 is 2.13 bits per heavy atom. The molecule has 0 radical (unpaired) electrons. The van der Waals surface area contributed by atoms with Gasteiger partial charge in [0.2, 0.25) is 0 Å². The van der Waals surface area contributed by atoms with Crippen LogP contribution < -0.4 is 5.73 Å². The lowest BCUT2D eigenvalue weighted by Gasteiger charge is -2.38. The Balaban J connectivity index is 1.80. The third-order valence-electron chi connectivity index (χ3n) is 4.38. The molecule has 8 nitrogen and oxygen atoms in total. The molecule has 8 heteroatoms. The summed E-state index contributed by atoms with van der Waals surface area (Å²) in [6, 6.07) is 6.58. The first-order chi connectivity index (χ1) is 11.0. The van der Waals surface area contributed by atoms with Crippen LogP contribution >= 0.6 is 0 Å². The highest BCUT2D eigenvalue weighted by molar-refractivity contribution is 6.01. The zero-order valence-corrected chi connectivity index (χ0v) is 12.5. The molecule has 1 aromatic carbocycles. The van der Waals surface area contributed by atoms with Crippen molar-refractivity contribution in [1.82, 2.24) is 9.80 Å². The van der Waals surface area contributed by atoms with Crippen LogP contribution in [0.1, 0.15) is 23.2 Å². The molecular formula is C15H17N5O3. The number of nitrogens with zero attached hydrogens (tertiary/aromatic N) is 4. The van der Waals surface area contributed by atoms with Crippen molar-refractivity contribution in [3.05, 3.63) is 33.9 Å². The predicted molar refractivity (Wildman–Crippen MR) is 82.5 cm³/mol. The van der Waals surface area contributed by atoms with E-state index in [-0.39, 0.29) is 28.9 Å². The number of hydrogen-bond acceptors (Lipinski definition) is 6. The van der Waals surface area contributed by atoms with Crippen molar-refractivity contribution >= 4 is 17.3 Å². The lowest BCUT2D eigenvalue weighted by molar-refractivity contribution is -0.383. The predicted octanol–water partition coefficient (Wildman–Crippen LogP) is 0.989. The topological polar surface area (TPSA) is 116 Å². The van der Waals surface area contributed by atoms with Gasteiger partial charge in [-0.05, 0) is 18.9 Å². The Bertz CT molecular complexity index is 695. The molecule has 1 aliphatic carbocycles. The zero-order chi connectivity index (χ0) is 16.6. The van der Waals surface area contributed by atoms with Crippen LogP contribution in [0.5, 0.6) is 0 Å². The van der Waals surface area contributed by atoms with Crippen molar-refractivity contribution in [2.45, 2.75) is 24.9 Å². The monoisotopic (exact) mass is 315 g/mol. The van der Waals surface area contributed by atoms with Crippen molar-refractivity contribution in [2.24, 2.45) is 0 Å². The third kappa shape index (κ3) is 2.83. The molecule has 0 bridgehead atoms. The van der Waals surface area contributed by atoms with Gasteiger partial charge >= 0.3 is 0 Å². The van der Waals surface area contributed by atoms with Crippen LogP contribution in [0.2, 0.25) is 0 Å². The number of rotatable bonds is 3. The molecule has 1 aromatic rings. The van der Waals surface area contributed by atoms with E-state index < -0.39 is 4.92 Å². The number of nitro benzene ring substituents is 1. The molecule has 120 valence electrons. The van der Waals surface area contributed by atoms with Gasteiger partial charge in [-0.25, -0.2) is 0 Å². The van der Waals surface area contributed by atoms with Gasteiger partial charge in [0.1, 0.15) is 11.7 Å². The minimum Gasteiger partial charge on any atom is -0.393 e. The summed E-state index contributed by atoms with van der Waals surface area (Å²) in [6.07, 6.45) is 2.20. The molecule has 0 spiro atoms. The number of carbonyl (C=O) groups is 1. The van der Waals surface area contributed by atoms with E-state index in [4.69, 9.17) is 5.73 Å². The molecule has 0 unspecified atom stereocenters. The van der Waals surface area contributed by atoms with E-state index in [0.29, 0.717) is 25.7 Å². The Labute approximate surface area is 133 Å².